The Hall–Kier alpha value is -1.44. The molecule has 0 bridgehead atoms. The van der Waals surface area contributed by atoms with E-state index < -0.39 is 14.3 Å². The van der Waals surface area contributed by atoms with Crippen molar-refractivity contribution in [2.45, 2.75) is 83.7 Å². The molecule has 0 aromatic heterocycles. The summed E-state index contributed by atoms with van der Waals surface area (Å²) in [5.74, 6) is 0.541. The molecule has 0 spiro atoms. The monoisotopic (exact) mass is 449 g/mol. The van der Waals surface area contributed by atoms with Gasteiger partial charge in [0.2, 0.25) is 0 Å². The minimum atomic E-state index is -2.09. The van der Waals surface area contributed by atoms with E-state index in [2.05, 4.69) is 38.9 Å². The number of carbonyl (C=O) groups excluding carboxylic acids is 1. The SMILES string of the molecule is CC(C)(C)[Si](C)(C)OC1CN(F)C(=O)N(Cc2ccccc2)N(CC2CCCCC2)C1. The first-order valence-corrected chi connectivity index (χ1v) is 14.7. The van der Waals surface area contributed by atoms with E-state index in [0.717, 1.165) is 12.1 Å². The van der Waals surface area contributed by atoms with Gasteiger partial charge in [-0.2, -0.15) is 5.12 Å². The summed E-state index contributed by atoms with van der Waals surface area (Å²) >= 11 is 0. The number of halogens is 1. The molecule has 0 N–H and O–H groups in total. The maximum Gasteiger partial charge on any atom is 0.362 e. The third-order valence-electron chi connectivity index (χ3n) is 7.18. The highest BCUT2D eigenvalue weighted by Gasteiger charge is 2.43. The van der Waals surface area contributed by atoms with E-state index >= 15 is 4.48 Å². The maximum atomic E-state index is 15.0. The van der Waals surface area contributed by atoms with E-state index in [1.54, 1.807) is 5.01 Å². The van der Waals surface area contributed by atoms with E-state index in [1.807, 2.05) is 30.3 Å². The average molecular weight is 450 g/mol. The van der Waals surface area contributed by atoms with Crippen LogP contribution >= 0.6 is 0 Å². The van der Waals surface area contributed by atoms with Gasteiger partial charge in [0.05, 0.1) is 19.2 Å². The van der Waals surface area contributed by atoms with Crippen molar-refractivity contribution in [3.8, 4) is 0 Å². The number of benzene rings is 1. The molecule has 1 saturated carbocycles. The molecule has 3 rings (SSSR count). The highest BCUT2D eigenvalue weighted by molar-refractivity contribution is 6.74. The maximum absolute atomic E-state index is 15.0. The number of carbonyl (C=O) groups is 1. The minimum Gasteiger partial charge on any atom is -0.411 e. The fourth-order valence-corrected chi connectivity index (χ4v) is 5.66. The molecular formula is C24H40FN3O2Si. The molecule has 2 amide bonds. The molecule has 1 aliphatic carbocycles. The fraction of sp³-hybridized carbons (Fsp3) is 0.708. The lowest BCUT2D eigenvalue weighted by atomic mass is 9.89. The lowest BCUT2D eigenvalue weighted by molar-refractivity contribution is -0.0337. The minimum absolute atomic E-state index is 0.0161. The molecule has 1 aliphatic heterocycles. The number of amides is 2. The number of hydrazine groups is 1. The average Bonchev–Trinajstić information content (AvgIpc) is 2.80. The summed E-state index contributed by atoms with van der Waals surface area (Å²) in [6, 6.07) is 9.27. The summed E-state index contributed by atoms with van der Waals surface area (Å²) in [6.45, 7) is 12.6. The Morgan fingerprint density at radius 3 is 2.32 bits per heavy atom. The number of nitrogens with zero attached hydrogens (tertiary/aromatic N) is 3. The van der Waals surface area contributed by atoms with Gasteiger partial charge < -0.3 is 4.43 Å². The summed E-state index contributed by atoms with van der Waals surface area (Å²) in [4.78, 5) is 13.1. The predicted molar refractivity (Wildman–Crippen MR) is 125 cm³/mol. The van der Waals surface area contributed by atoms with Gasteiger partial charge in [0.1, 0.15) is 0 Å². The second kappa shape index (κ2) is 10.0. The van der Waals surface area contributed by atoms with E-state index in [4.69, 9.17) is 4.43 Å². The fourth-order valence-electron chi connectivity index (χ4n) is 4.33. The van der Waals surface area contributed by atoms with Crippen LogP contribution in [-0.4, -0.2) is 55.2 Å². The van der Waals surface area contributed by atoms with Crippen LogP contribution in [0.3, 0.4) is 0 Å². The molecule has 1 saturated heterocycles. The van der Waals surface area contributed by atoms with E-state index in [0.29, 0.717) is 24.1 Å². The third-order valence-corrected chi connectivity index (χ3v) is 11.7. The summed E-state index contributed by atoms with van der Waals surface area (Å²) in [5, 5.41) is 4.09. The number of hydrogen-bond acceptors (Lipinski definition) is 3. The summed E-state index contributed by atoms with van der Waals surface area (Å²) in [7, 11) is -2.09. The number of urea groups is 1. The van der Waals surface area contributed by atoms with Crippen LogP contribution in [0.2, 0.25) is 18.1 Å². The van der Waals surface area contributed by atoms with Crippen molar-refractivity contribution in [3.05, 3.63) is 35.9 Å². The smallest absolute Gasteiger partial charge is 0.362 e. The highest BCUT2D eigenvalue weighted by atomic mass is 28.4. The summed E-state index contributed by atoms with van der Waals surface area (Å²) < 4.78 is 21.6. The standard InChI is InChI=1S/C24H40FN3O2Si/c1-24(2,3)31(4,5)30-22-18-26(16-20-12-8-6-9-13-20)28(23(29)27(25)19-22)17-21-14-10-7-11-15-21/h7,10-11,14-15,20,22H,6,8-9,12-13,16-19H2,1-5H3. The van der Waals surface area contributed by atoms with Crippen molar-refractivity contribution >= 4 is 14.3 Å². The van der Waals surface area contributed by atoms with Gasteiger partial charge in [-0.15, -0.1) is 0 Å². The first-order chi connectivity index (χ1) is 14.6. The van der Waals surface area contributed by atoms with E-state index in [-0.39, 0.29) is 17.7 Å². The third kappa shape index (κ3) is 6.30. The van der Waals surface area contributed by atoms with Crippen molar-refractivity contribution in [2.75, 3.05) is 19.6 Å². The zero-order valence-electron chi connectivity index (χ0n) is 19.9. The van der Waals surface area contributed by atoms with Crippen LogP contribution in [-0.2, 0) is 11.0 Å². The van der Waals surface area contributed by atoms with Gasteiger partial charge in [-0.05, 0) is 42.5 Å². The summed E-state index contributed by atoms with van der Waals surface area (Å²) in [5.41, 5.74) is 1.00. The van der Waals surface area contributed by atoms with Crippen LogP contribution in [0.25, 0.3) is 0 Å². The number of hydrogen-bond donors (Lipinski definition) is 0. The lowest BCUT2D eigenvalue weighted by Gasteiger charge is -2.41. The van der Waals surface area contributed by atoms with Crippen molar-refractivity contribution < 1.29 is 13.7 Å². The topological polar surface area (TPSA) is 36.0 Å². The van der Waals surface area contributed by atoms with E-state index in [1.165, 1.54) is 32.1 Å². The zero-order chi connectivity index (χ0) is 22.6. The molecular weight excluding hydrogens is 409 g/mol. The lowest BCUT2D eigenvalue weighted by Crippen LogP contribution is -2.51. The molecule has 1 unspecified atom stereocenters. The second-order valence-electron chi connectivity index (χ2n) is 10.7. The van der Waals surface area contributed by atoms with Crippen molar-refractivity contribution in [1.82, 2.24) is 15.1 Å². The molecule has 1 atom stereocenters. The van der Waals surface area contributed by atoms with Gasteiger partial charge in [-0.3, -0.25) is 5.01 Å². The second-order valence-corrected chi connectivity index (χ2v) is 15.5. The van der Waals surface area contributed by atoms with Crippen LogP contribution in [0.5, 0.6) is 0 Å². The molecule has 0 radical (unpaired) electrons. The quantitative estimate of drug-likeness (QED) is 0.395. The molecule has 1 aromatic rings. The normalized spacial score (nSPS) is 22.6. The molecule has 31 heavy (non-hydrogen) atoms. The first-order valence-electron chi connectivity index (χ1n) is 11.8. The van der Waals surface area contributed by atoms with Crippen molar-refractivity contribution in [3.63, 3.8) is 0 Å². The van der Waals surface area contributed by atoms with Gasteiger partial charge in [0.15, 0.2) is 8.32 Å². The Kier molecular flexibility index (Phi) is 7.81. The first kappa shape index (κ1) is 24.2. The van der Waals surface area contributed by atoms with Gasteiger partial charge in [-0.25, -0.2) is 9.80 Å². The van der Waals surface area contributed by atoms with Crippen LogP contribution in [0.4, 0.5) is 9.28 Å². The molecule has 1 aromatic carbocycles. The zero-order valence-corrected chi connectivity index (χ0v) is 20.9. The Labute approximate surface area is 188 Å². The Morgan fingerprint density at radius 1 is 1.06 bits per heavy atom. The van der Waals surface area contributed by atoms with Crippen LogP contribution in [0.1, 0.15) is 58.4 Å². The Morgan fingerprint density at radius 2 is 1.71 bits per heavy atom. The molecule has 2 aliphatic rings. The summed E-state index contributed by atoms with van der Waals surface area (Å²) in [6.07, 6.45) is 5.79. The van der Waals surface area contributed by atoms with Crippen LogP contribution in [0, 0.1) is 5.92 Å². The van der Waals surface area contributed by atoms with Crippen molar-refractivity contribution in [1.29, 1.82) is 0 Å². The largest absolute Gasteiger partial charge is 0.411 e. The van der Waals surface area contributed by atoms with Gasteiger partial charge in [0.25, 0.3) is 0 Å². The molecule has 2 fully saturated rings. The molecule has 5 nitrogen and oxygen atoms in total. The van der Waals surface area contributed by atoms with Gasteiger partial charge in [0, 0.05) is 13.1 Å². The number of rotatable bonds is 6. The highest BCUT2D eigenvalue weighted by Crippen LogP contribution is 2.38. The van der Waals surface area contributed by atoms with Crippen LogP contribution in [0.15, 0.2) is 30.3 Å². The molecule has 7 heteroatoms. The molecule has 174 valence electrons. The van der Waals surface area contributed by atoms with E-state index in [9.17, 15) is 4.79 Å². The Bertz CT molecular complexity index is 719. The predicted octanol–water partition coefficient (Wildman–Crippen LogP) is 6.00. The Balaban J connectivity index is 1.84. The molecule has 1 heterocycles. The van der Waals surface area contributed by atoms with Crippen LogP contribution < -0.4 is 0 Å². The van der Waals surface area contributed by atoms with Crippen molar-refractivity contribution in [2.24, 2.45) is 5.92 Å². The van der Waals surface area contributed by atoms with Gasteiger partial charge in [-0.1, -0.05) is 74.8 Å². The van der Waals surface area contributed by atoms with Gasteiger partial charge >= 0.3 is 6.03 Å².